The molecule has 0 fully saturated rings. The molecule has 0 aliphatic carbocycles. The van der Waals surface area contributed by atoms with Crippen molar-refractivity contribution in [3.8, 4) is 16.9 Å². The average Bonchev–Trinajstić information content (AvgIpc) is 3.58. The molecule has 1 aromatic heterocycles. The van der Waals surface area contributed by atoms with Crippen LogP contribution in [0.15, 0.2) is 75.5 Å². The van der Waals surface area contributed by atoms with E-state index in [0.29, 0.717) is 37.6 Å². The fraction of sp³-hybridized carbons (Fsp3) is 0.400. The van der Waals surface area contributed by atoms with Gasteiger partial charge < -0.3 is 24.1 Å². The van der Waals surface area contributed by atoms with Gasteiger partial charge >= 0.3 is 0 Å². The predicted octanol–water partition coefficient (Wildman–Crippen LogP) is 7.87. The second kappa shape index (κ2) is 20.0. The molecule has 2 heterocycles. The minimum Gasteiger partial charge on any atom is -0.748 e. The number of thiazole rings is 1. The number of unbranched alkanes of at least 4 members (excludes halogenated alkanes) is 2. The maximum Gasteiger partial charge on any atom is 0.268 e. The minimum atomic E-state index is -4.31. The van der Waals surface area contributed by atoms with Crippen molar-refractivity contribution in [3.63, 3.8) is 0 Å². The summed E-state index contributed by atoms with van der Waals surface area (Å²) in [5.74, 6) is 0.354. The number of fused-ring (bicyclic) bond motifs is 2. The predicted molar refractivity (Wildman–Crippen MR) is 208 cm³/mol. The summed E-state index contributed by atoms with van der Waals surface area (Å²) >= 11 is 8.56. The zero-order valence-electron chi connectivity index (χ0n) is 28.7. The van der Waals surface area contributed by atoms with Crippen LogP contribution in [0.2, 0.25) is 0 Å². The summed E-state index contributed by atoms with van der Waals surface area (Å²) in [6.45, 7) is 11.3. The van der Waals surface area contributed by atoms with Crippen LogP contribution in [-0.4, -0.2) is 57.1 Å². The van der Waals surface area contributed by atoms with Crippen LogP contribution >= 0.6 is 43.2 Å². The molecule has 1 aliphatic heterocycles. The molecule has 1 aliphatic rings. The van der Waals surface area contributed by atoms with Crippen LogP contribution in [0.4, 0.5) is 5.69 Å². The van der Waals surface area contributed by atoms with Gasteiger partial charge in [-0.2, -0.15) is 4.57 Å². The number of rotatable bonds is 14. The van der Waals surface area contributed by atoms with Crippen molar-refractivity contribution in [3.05, 3.63) is 80.5 Å². The van der Waals surface area contributed by atoms with E-state index in [2.05, 4.69) is 55.6 Å². The number of hydrogen-bond donors (Lipinski definition) is 1. The molecule has 274 valence electrons. The van der Waals surface area contributed by atoms with Gasteiger partial charge in [-0.25, -0.2) is 16.8 Å². The molecule has 4 aromatic rings. The van der Waals surface area contributed by atoms with Gasteiger partial charge in [0.1, 0.15) is 4.70 Å². The quantitative estimate of drug-likeness (QED) is 0.0761. The zero-order chi connectivity index (χ0) is 36.9. The lowest BCUT2D eigenvalue weighted by Gasteiger charge is -2.19. The summed E-state index contributed by atoms with van der Waals surface area (Å²) < 4.78 is 78.3. The van der Waals surface area contributed by atoms with E-state index in [0.717, 1.165) is 54.1 Å². The van der Waals surface area contributed by atoms with Crippen molar-refractivity contribution in [2.45, 2.75) is 59.9 Å². The maximum atomic E-state index is 11.2. The molecule has 5 rings (SSSR count). The fourth-order valence-electron chi connectivity index (χ4n) is 5.13. The summed E-state index contributed by atoms with van der Waals surface area (Å²) in [7, 11) is -8.60. The highest BCUT2D eigenvalue weighted by Gasteiger charge is 2.29. The van der Waals surface area contributed by atoms with Crippen LogP contribution in [0, 0.1) is 0 Å². The largest absolute Gasteiger partial charge is 0.748 e. The monoisotopic (exact) mass is 872 g/mol. The Morgan fingerprint density at radius 1 is 0.820 bits per heavy atom. The van der Waals surface area contributed by atoms with Gasteiger partial charge in [0.05, 0.1) is 32.0 Å². The summed E-state index contributed by atoms with van der Waals surface area (Å²) in [6.07, 6.45) is 3.33. The topological polar surface area (TPSA) is 143 Å². The third-order valence-corrected chi connectivity index (χ3v) is 11.1. The second-order valence-electron chi connectivity index (χ2n) is 11.0. The van der Waals surface area contributed by atoms with Gasteiger partial charge in [-0.05, 0) is 79.9 Å². The van der Waals surface area contributed by atoms with Crippen LogP contribution in [0.1, 0.15) is 58.4 Å². The molecular weight excluding hydrogens is 830 g/mol. The summed E-state index contributed by atoms with van der Waals surface area (Å²) in [6, 6.07) is 19.8. The summed E-state index contributed by atoms with van der Waals surface area (Å²) in [4.78, 5) is 1.99. The third kappa shape index (κ3) is 13.0. The normalized spacial score (nSPS) is 13.4. The van der Waals surface area contributed by atoms with E-state index in [1.807, 2.05) is 85.5 Å². The highest BCUT2D eigenvalue weighted by Crippen LogP contribution is 2.42. The minimum absolute atomic E-state index is 0.219. The zero-order valence-corrected chi connectivity index (χ0v) is 34.3. The first-order valence-electron chi connectivity index (χ1n) is 16.5. The van der Waals surface area contributed by atoms with E-state index in [4.69, 9.17) is 4.74 Å². The van der Waals surface area contributed by atoms with Crippen LogP contribution in [0.3, 0.4) is 0 Å². The molecule has 15 heteroatoms. The van der Waals surface area contributed by atoms with Crippen molar-refractivity contribution in [2.24, 2.45) is 0 Å². The van der Waals surface area contributed by atoms with E-state index in [1.54, 1.807) is 11.3 Å². The Bertz CT molecular complexity index is 1950. The molecule has 1 N–H and O–H groups in total. The van der Waals surface area contributed by atoms with Gasteiger partial charge in [-0.3, -0.25) is 0 Å². The lowest BCUT2D eigenvalue weighted by Crippen LogP contribution is -2.35. The van der Waals surface area contributed by atoms with Crippen molar-refractivity contribution in [1.82, 2.24) is 5.32 Å². The van der Waals surface area contributed by atoms with E-state index in [9.17, 15) is 25.9 Å². The first-order valence-corrected chi connectivity index (χ1v) is 22.1. The lowest BCUT2D eigenvalue weighted by atomic mass is 10.0. The first kappa shape index (κ1) is 42.0. The van der Waals surface area contributed by atoms with Crippen molar-refractivity contribution in [1.29, 1.82) is 0 Å². The molecule has 10 nitrogen and oxygen atoms in total. The molecule has 0 saturated carbocycles. The van der Waals surface area contributed by atoms with E-state index in [1.165, 1.54) is 0 Å². The number of aryl methyl sites for hydroxylation is 1. The van der Waals surface area contributed by atoms with Gasteiger partial charge in [0.15, 0.2) is 12.3 Å². The van der Waals surface area contributed by atoms with Crippen LogP contribution in [0.5, 0.6) is 5.75 Å². The number of nitrogens with zero attached hydrogens (tertiary/aromatic N) is 2. The SMILES string of the molecule is CC.CCNCC.O=S(=O)([O-])CCCCN1/C(=C/c2sc3ccc(Br)cc3[n+]2CCCCS(=O)(=O)[O-])Oc2ccc(-c3ccc(Br)cc3)cc21. The van der Waals surface area contributed by atoms with Crippen LogP contribution in [0.25, 0.3) is 27.4 Å². The maximum absolute atomic E-state index is 11.2. The Hall–Kier alpha value is -2.37. The van der Waals surface area contributed by atoms with Crippen molar-refractivity contribution < 1.29 is 35.2 Å². The van der Waals surface area contributed by atoms with E-state index >= 15 is 0 Å². The standard InChI is InChI=1S/C29H28Br2N2O7S3.C4H11N.C2H6/c30-22-8-5-20(6-9-22)21-7-11-26-24(17-21)32(13-1-3-15-42(34,35)36)28(40-26)19-29-33(14-2-4-16-43(37,38)39)25-18-23(31)10-12-27(25)41-29;1-3-5-4-2;1-2/h5-12,17-19H,1-4,13-16H2,(H-,34,35,36,37,38,39);5H,3-4H2,1-2H3;1-2H3/p-1. The molecule has 50 heavy (non-hydrogen) atoms. The average molecular weight is 875 g/mol. The Balaban J connectivity index is 0.000000887. The Kier molecular flexibility index (Phi) is 16.8. The summed E-state index contributed by atoms with van der Waals surface area (Å²) in [5.41, 5.74) is 3.79. The second-order valence-corrected chi connectivity index (χ2v) is 17.0. The number of hydrogen-bond acceptors (Lipinski definition) is 10. The van der Waals surface area contributed by atoms with Gasteiger partial charge in [0.2, 0.25) is 11.4 Å². The van der Waals surface area contributed by atoms with Crippen molar-refractivity contribution >= 4 is 85.4 Å². The van der Waals surface area contributed by atoms with Gasteiger partial charge in [0.25, 0.3) is 5.01 Å². The highest BCUT2D eigenvalue weighted by molar-refractivity contribution is 9.10. The molecule has 0 radical (unpaired) electrons. The first-order chi connectivity index (χ1) is 23.8. The number of benzene rings is 3. The third-order valence-electron chi connectivity index (χ3n) is 7.40. The molecular formula is C35H44Br2N3O7S3-. The molecule has 0 spiro atoms. The highest BCUT2D eigenvalue weighted by atomic mass is 79.9. The Morgan fingerprint density at radius 2 is 1.42 bits per heavy atom. The number of halogens is 2. The number of anilines is 1. The number of aromatic nitrogens is 1. The van der Waals surface area contributed by atoms with Crippen LogP contribution < -0.4 is 19.5 Å². The van der Waals surface area contributed by atoms with Crippen molar-refractivity contribution in [2.75, 3.05) is 36.0 Å². The van der Waals surface area contributed by atoms with Gasteiger partial charge in [-0.1, -0.05) is 89.1 Å². The Labute approximate surface area is 317 Å². The van der Waals surface area contributed by atoms with Gasteiger partial charge in [0, 0.05) is 39.5 Å². The molecule has 0 unspecified atom stereocenters. The smallest absolute Gasteiger partial charge is 0.268 e. The molecule has 0 saturated heterocycles. The molecule has 0 atom stereocenters. The molecule has 0 amide bonds. The molecule has 0 bridgehead atoms. The Morgan fingerprint density at radius 3 is 2.02 bits per heavy atom. The fourth-order valence-corrected chi connectivity index (χ4v) is 7.95. The van der Waals surface area contributed by atoms with E-state index < -0.39 is 31.7 Å². The van der Waals surface area contributed by atoms with Crippen LogP contribution in [-0.2, 0) is 26.8 Å². The van der Waals surface area contributed by atoms with Gasteiger partial charge in [-0.15, -0.1) is 0 Å². The molecule has 3 aromatic carbocycles. The number of ether oxygens (including phenoxy) is 1. The lowest BCUT2D eigenvalue weighted by molar-refractivity contribution is -0.669. The van der Waals surface area contributed by atoms with E-state index in [-0.39, 0.29) is 12.8 Å². The summed E-state index contributed by atoms with van der Waals surface area (Å²) in [5, 5.41) is 3.97. The number of nitrogens with one attached hydrogen (secondary N) is 1.